The highest BCUT2D eigenvalue weighted by Gasteiger charge is 2.32. The molecule has 8 heteroatoms. The second kappa shape index (κ2) is 8.70. The van der Waals surface area contributed by atoms with Crippen LogP contribution in [0.15, 0.2) is 53.4 Å². The van der Waals surface area contributed by atoms with Gasteiger partial charge in [-0.05, 0) is 48.7 Å². The predicted molar refractivity (Wildman–Crippen MR) is 117 cm³/mol. The quantitative estimate of drug-likeness (QED) is 0.715. The third-order valence-electron chi connectivity index (χ3n) is 5.97. The van der Waals surface area contributed by atoms with E-state index in [9.17, 15) is 18.0 Å². The smallest absolute Gasteiger partial charge is 0.339 e. The minimum Gasteiger partial charge on any atom is -0.448 e. The number of ether oxygens (including phenoxy) is 1. The molecule has 4 rings (SSSR count). The summed E-state index contributed by atoms with van der Waals surface area (Å²) in [6.07, 6.45) is 1.11. The molecule has 1 atom stereocenters. The van der Waals surface area contributed by atoms with E-state index in [1.54, 1.807) is 31.2 Å². The van der Waals surface area contributed by atoms with Gasteiger partial charge in [-0.15, -0.1) is 0 Å². The monoisotopic (exact) mass is 442 g/mol. The van der Waals surface area contributed by atoms with Crippen molar-refractivity contribution in [1.29, 1.82) is 0 Å². The lowest BCUT2D eigenvalue weighted by molar-refractivity contribution is -0.131. The zero-order valence-electron chi connectivity index (χ0n) is 17.4. The van der Waals surface area contributed by atoms with Crippen LogP contribution in [0, 0.1) is 0 Å². The number of carbonyl (C=O) groups is 2. The molecule has 0 aliphatic carbocycles. The van der Waals surface area contributed by atoms with Crippen LogP contribution in [0.2, 0.25) is 0 Å². The topological polar surface area (TPSA) is 92.8 Å². The second-order valence-corrected chi connectivity index (χ2v) is 10.2. The lowest BCUT2D eigenvalue weighted by atomic mass is 9.97. The van der Waals surface area contributed by atoms with E-state index >= 15 is 0 Å². The molecule has 0 spiro atoms. The van der Waals surface area contributed by atoms with E-state index in [1.165, 1.54) is 0 Å². The number of benzene rings is 2. The molecule has 0 radical (unpaired) electrons. The van der Waals surface area contributed by atoms with Gasteiger partial charge in [0.15, 0.2) is 15.9 Å². The van der Waals surface area contributed by atoms with Crippen LogP contribution >= 0.6 is 0 Å². The lowest BCUT2D eigenvalue weighted by Crippen LogP contribution is -2.49. The Balaban J connectivity index is 1.31. The molecule has 2 aliphatic rings. The first kappa shape index (κ1) is 21.4. The van der Waals surface area contributed by atoms with Crippen LogP contribution < -0.4 is 10.2 Å². The molecular weight excluding hydrogens is 416 g/mol. The van der Waals surface area contributed by atoms with E-state index in [4.69, 9.17) is 4.74 Å². The van der Waals surface area contributed by atoms with Crippen LogP contribution in [0.4, 0.5) is 5.69 Å². The van der Waals surface area contributed by atoms with Crippen LogP contribution in [-0.4, -0.2) is 51.3 Å². The maximum atomic E-state index is 12.7. The van der Waals surface area contributed by atoms with Gasteiger partial charge in [0.05, 0.1) is 16.2 Å². The van der Waals surface area contributed by atoms with E-state index in [0.717, 1.165) is 37.2 Å². The minimum atomic E-state index is -3.20. The van der Waals surface area contributed by atoms with Crippen molar-refractivity contribution in [1.82, 2.24) is 5.32 Å². The Labute approximate surface area is 182 Å². The Kier molecular flexibility index (Phi) is 6.00. The van der Waals surface area contributed by atoms with Crippen LogP contribution in [0.25, 0.3) is 0 Å². The number of carbonyl (C=O) groups excluding carboxylic acids is 2. The largest absolute Gasteiger partial charge is 0.448 e. The van der Waals surface area contributed by atoms with Gasteiger partial charge in [-0.2, -0.15) is 0 Å². The van der Waals surface area contributed by atoms with Crippen molar-refractivity contribution >= 4 is 27.4 Å². The van der Waals surface area contributed by atoms with Crippen molar-refractivity contribution in [3.05, 3.63) is 59.7 Å². The maximum Gasteiger partial charge on any atom is 0.339 e. The first-order valence-electron chi connectivity index (χ1n) is 10.5. The third-order valence-corrected chi connectivity index (χ3v) is 7.72. The number of hydrogen-bond acceptors (Lipinski definition) is 6. The summed E-state index contributed by atoms with van der Waals surface area (Å²) in [7, 11) is -3.20. The Morgan fingerprint density at radius 3 is 2.45 bits per heavy atom. The molecule has 164 valence electrons. The number of hydrogen-bond donors (Lipinski definition) is 1. The van der Waals surface area contributed by atoms with E-state index < -0.39 is 21.9 Å². The van der Waals surface area contributed by atoms with Gasteiger partial charge in [-0.3, -0.25) is 4.79 Å². The number of sulfone groups is 1. The second-order valence-electron chi connectivity index (χ2n) is 7.92. The SMILES string of the molecule is CCS(=O)(=O)c1ccc(N2CCC(NC(=O)C3Cc4ccccc4C(=O)O3)CC2)cc1. The summed E-state index contributed by atoms with van der Waals surface area (Å²) >= 11 is 0. The highest BCUT2D eigenvalue weighted by molar-refractivity contribution is 7.91. The molecule has 7 nitrogen and oxygen atoms in total. The van der Waals surface area contributed by atoms with Crippen molar-refractivity contribution in [2.75, 3.05) is 23.7 Å². The summed E-state index contributed by atoms with van der Waals surface area (Å²) in [5, 5.41) is 3.03. The molecule has 1 amide bonds. The van der Waals surface area contributed by atoms with Gasteiger partial charge >= 0.3 is 5.97 Å². The van der Waals surface area contributed by atoms with E-state index in [2.05, 4.69) is 10.2 Å². The van der Waals surface area contributed by atoms with E-state index in [1.807, 2.05) is 24.3 Å². The average Bonchev–Trinajstić information content (AvgIpc) is 2.79. The Morgan fingerprint density at radius 1 is 1.10 bits per heavy atom. The molecule has 2 aromatic carbocycles. The summed E-state index contributed by atoms with van der Waals surface area (Å²) in [4.78, 5) is 27.3. The number of nitrogens with zero attached hydrogens (tertiary/aromatic N) is 1. The highest BCUT2D eigenvalue weighted by Crippen LogP contribution is 2.24. The highest BCUT2D eigenvalue weighted by atomic mass is 32.2. The molecule has 1 fully saturated rings. The predicted octanol–water partition coefficient (Wildman–Crippen LogP) is 2.35. The summed E-state index contributed by atoms with van der Waals surface area (Å²) < 4.78 is 29.3. The van der Waals surface area contributed by atoms with Gasteiger partial charge in [0, 0.05) is 31.2 Å². The zero-order chi connectivity index (χ0) is 22.0. The van der Waals surface area contributed by atoms with Crippen LogP contribution in [0.1, 0.15) is 35.7 Å². The van der Waals surface area contributed by atoms with Crippen LogP contribution in [0.3, 0.4) is 0 Å². The normalized spacial score (nSPS) is 19.5. The van der Waals surface area contributed by atoms with Crippen molar-refractivity contribution in [3.63, 3.8) is 0 Å². The molecule has 2 aliphatic heterocycles. The van der Waals surface area contributed by atoms with Gasteiger partial charge in [-0.1, -0.05) is 25.1 Å². The number of amides is 1. The first-order chi connectivity index (χ1) is 14.9. The maximum absolute atomic E-state index is 12.7. The van der Waals surface area contributed by atoms with Gasteiger partial charge in [0.25, 0.3) is 5.91 Å². The molecule has 1 saturated heterocycles. The number of piperidine rings is 1. The standard InChI is InChI=1S/C23H26N2O5S/c1-2-31(28,29)19-9-7-18(8-10-19)25-13-11-17(12-14-25)24-22(26)21-15-16-5-3-4-6-20(16)23(27)30-21/h3-10,17,21H,2,11-15H2,1H3,(H,24,26). The van der Waals surface area contributed by atoms with Crippen molar-refractivity contribution in [2.45, 2.75) is 43.2 Å². The van der Waals surface area contributed by atoms with Gasteiger partial charge in [-0.25, -0.2) is 13.2 Å². The molecule has 0 aromatic heterocycles. The third kappa shape index (κ3) is 4.58. The Bertz CT molecular complexity index is 1070. The van der Waals surface area contributed by atoms with Gasteiger partial charge < -0.3 is 15.0 Å². The molecule has 2 aromatic rings. The number of fused-ring (bicyclic) bond motifs is 1. The fourth-order valence-electron chi connectivity index (χ4n) is 4.08. The number of esters is 1. The molecule has 2 heterocycles. The minimum absolute atomic E-state index is 0.0133. The Morgan fingerprint density at radius 2 is 1.77 bits per heavy atom. The molecule has 0 bridgehead atoms. The van der Waals surface area contributed by atoms with Crippen LogP contribution in [-0.2, 0) is 25.8 Å². The number of nitrogens with one attached hydrogen (secondary N) is 1. The number of rotatable bonds is 5. The van der Waals surface area contributed by atoms with Crippen molar-refractivity contribution in [3.8, 4) is 0 Å². The molecular formula is C23H26N2O5S. The molecule has 0 saturated carbocycles. The van der Waals surface area contributed by atoms with Crippen LogP contribution in [0.5, 0.6) is 0 Å². The number of cyclic esters (lactones) is 1. The van der Waals surface area contributed by atoms with Crippen molar-refractivity contribution in [2.24, 2.45) is 0 Å². The summed E-state index contributed by atoms with van der Waals surface area (Å²) in [5.74, 6) is -0.625. The summed E-state index contributed by atoms with van der Waals surface area (Å²) in [5.41, 5.74) is 2.33. The van der Waals surface area contributed by atoms with Gasteiger partial charge in [0.1, 0.15) is 0 Å². The molecule has 31 heavy (non-hydrogen) atoms. The summed E-state index contributed by atoms with van der Waals surface area (Å²) in [6, 6.07) is 14.2. The first-order valence-corrected chi connectivity index (χ1v) is 12.2. The fourth-order valence-corrected chi connectivity index (χ4v) is 4.97. The average molecular weight is 443 g/mol. The van der Waals surface area contributed by atoms with Gasteiger partial charge in [0.2, 0.25) is 0 Å². The molecule has 1 N–H and O–H groups in total. The lowest BCUT2D eigenvalue weighted by Gasteiger charge is -2.35. The van der Waals surface area contributed by atoms with Crippen molar-refractivity contribution < 1.29 is 22.7 Å². The Hall–Kier alpha value is -2.87. The molecule has 1 unspecified atom stereocenters. The number of anilines is 1. The van der Waals surface area contributed by atoms with E-state index in [0.29, 0.717) is 16.9 Å². The zero-order valence-corrected chi connectivity index (χ0v) is 18.2. The van der Waals surface area contributed by atoms with E-state index in [-0.39, 0.29) is 17.7 Å². The fraction of sp³-hybridized carbons (Fsp3) is 0.391. The summed E-state index contributed by atoms with van der Waals surface area (Å²) in [6.45, 7) is 3.13.